The Balaban J connectivity index is 2.03. The van der Waals surface area contributed by atoms with E-state index in [9.17, 15) is 0 Å². The van der Waals surface area contributed by atoms with Gasteiger partial charge in [0.2, 0.25) is 5.89 Å². The van der Waals surface area contributed by atoms with Gasteiger partial charge in [-0.15, -0.1) is 10.2 Å². The molecule has 0 unspecified atom stereocenters. The van der Waals surface area contributed by atoms with Crippen LogP contribution in [-0.4, -0.2) is 15.2 Å². The maximum absolute atomic E-state index is 5.86. The van der Waals surface area contributed by atoms with Crippen molar-refractivity contribution in [3.8, 4) is 23.0 Å². The van der Waals surface area contributed by atoms with Gasteiger partial charge in [-0.25, -0.2) is 0 Å². The third-order valence-electron chi connectivity index (χ3n) is 2.50. The molecular formula is C13H10N4O. The van der Waals surface area contributed by atoms with E-state index < -0.39 is 0 Å². The van der Waals surface area contributed by atoms with Crippen LogP contribution < -0.4 is 5.73 Å². The maximum Gasteiger partial charge on any atom is 0.266 e. The molecule has 18 heavy (non-hydrogen) atoms. The molecule has 0 radical (unpaired) electrons. The lowest BCUT2D eigenvalue weighted by molar-refractivity contribution is 0.582. The van der Waals surface area contributed by atoms with Crippen molar-refractivity contribution < 1.29 is 4.42 Å². The molecule has 5 heteroatoms. The van der Waals surface area contributed by atoms with Crippen LogP contribution in [0.1, 0.15) is 0 Å². The number of pyridine rings is 1. The second-order valence-electron chi connectivity index (χ2n) is 3.71. The van der Waals surface area contributed by atoms with E-state index in [-0.39, 0.29) is 0 Å². The van der Waals surface area contributed by atoms with Crippen molar-refractivity contribution in [1.82, 2.24) is 15.2 Å². The molecule has 0 aliphatic carbocycles. The molecule has 1 aromatic carbocycles. The van der Waals surface area contributed by atoms with Gasteiger partial charge in [0.25, 0.3) is 5.89 Å². The molecule has 88 valence electrons. The highest BCUT2D eigenvalue weighted by atomic mass is 16.4. The van der Waals surface area contributed by atoms with Crippen molar-refractivity contribution in [3.63, 3.8) is 0 Å². The molecule has 0 amide bonds. The Hall–Kier alpha value is -2.69. The quantitative estimate of drug-likeness (QED) is 0.693. The lowest BCUT2D eigenvalue weighted by Gasteiger charge is -1.98. The Bertz CT molecular complexity index is 664. The van der Waals surface area contributed by atoms with Crippen LogP contribution in [0.4, 0.5) is 5.69 Å². The second kappa shape index (κ2) is 4.29. The van der Waals surface area contributed by atoms with Gasteiger partial charge < -0.3 is 10.2 Å². The van der Waals surface area contributed by atoms with Crippen LogP contribution in [0.2, 0.25) is 0 Å². The molecule has 2 N–H and O–H groups in total. The van der Waals surface area contributed by atoms with E-state index >= 15 is 0 Å². The predicted molar refractivity (Wildman–Crippen MR) is 67.4 cm³/mol. The minimum absolute atomic E-state index is 0.383. The number of aromatic nitrogens is 3. The van der Waals surface area contributed by atoms with Crippen LogP contribution >= 0.6 is 0 Å². The summed E-state index contributed by atoms with van der Waals surface area (Å²) in [5.74, 6) is 0.780. The fourth-order valence-electron chi connectivity index (χ4n) is 1.62. The Morgan fingerprint density at radius 2 is 1.67 bits per heavy atom. The average molecular weight is 238 g/mol. The largest absolute Gasteiger partial charge is 0.415 e. The molecule has 2 heterocycles. The number of nitrogens with zero attached hydrogens (tertiary/aromatic N) is 3. The highest BCUT2D eigenvalue weighted by molar-refractivity contribution is 5.70. The maximum atomic E-state index is 5.86. The molecule has 0 saturated heterocycles. The summed E-state index contributed by atoms with van der Waals surface area (Å²) in [6.07, 6.45) is 1.68. The Morgan fingerprint density at radius 3 is 2.44 bits per heavy atom. The van der Waals surface area contributed by atoms with Gasteiger partial charge in [-0.3, -0.25) is 4.98 Å². The van der Waals surface area contributed by atoms with Gasteiger partial charge in [0.05, 0.1) is 5.56 Å². The van der Waals surface area contributed by atoms with Gasteiger partial charge in [-0.1, -0.05) is 18.2 Å². The number of rotatable bonds is 2. The summed E-state index contributed by atoms with van der Waals surface area (Å²) in [5, 5.41) is 7.96. The predicted octanol–water partition coefficient (Wildman–Crippen LogP) is 2.38. The molecule has 0 atom stereocenters. The standard InChI is InChI=1S/C13H10N4O/c14-10-6-2-1-5-9(10)12-16-17-13(18-12)11-7-3-4-8-15-11/h1-8H,14H2. The van der Waals surface area contributed by atoms with Crippen LogP contribution in [0.15, 0.2) is 53.1 Å². The smallest absolute Gasteiger partial charge is 0.266 e. The first-order chi connectivity index (χ1) is 8.84. The normalized spacial score (nSPS) is 10.4. The topological polar surface area (TPSA) is 77.8 Å². The number of nitrogen functional groups attached to an aromatic ring is 1. The zero-order valence-electron chi connectivity index (χ0n) is 9.45. The monoisotopic (exact) mass is 238 g/mol. The first-order valence-corrected chi connectivity index (χ1v) is 5.44. The second-order valence-corrected chi connectivity index (χ2v) is 3.71. The average Bonchev–Trinajstić information content (AvgIpc) is 2.90. The van der Waals surface area contributed by atoms with E-state index in [1.165, 1.54) is 0 Å². The highest BCUT2D eigenvalue weighted by Crippen LogP contribution is 2.26. The number of para-hydroxylation sites is 1. The minimum atomic E-state index is 0.383. The summed E-state index contributed by atoms with van der Waals surface area (Å²) in [5.41, 5.74) is 7.84. The molecule has 0 aliphatic heterocycles. The molecule has 2 aromatic heterocycles. The van der Waals surface area contributed by atoms with E-state index in [1.807, 2.05) is 36.4 Å². The molecular weight excluding hydrogens is 228 g/mol. The molecule has 3 aromatic rings. The summed E-state index contributed by atoms with van der Waals surface area (Å²) in [6, 6.07) is 12.9. The SMILES string of the molecule is Nc1ccccc1-c1nnc(-c2ccccn2)o1. The third-order valence-corrected chi connectivity index (χ3v) is 2.50. The first kappa shape index (κ1) is 10.5. The van der Waals surface area contributed by atoms with Crippen molar-refractivity contribution in [3.05, 3.63) is 48.7 Å². The number of benzene rings is 1. The summed E-state index contributed by atoms with van der Waals surface area (Å²) in [7, 11) is 0. The van der Waals surface area contributed by atoms with E-state index in [4.69, 9.17) is 10.2 Å². The van der Waals surface area contributed by atoms with Crippen LogP contribution in [-0.2, 0) is 0 Å². The zero-order chi connectivity index (χ0) is 12.4. The van der Waals surface area contributed by atoms with E-state index in [0.717, 1.165) is 5.56 Å². The molecule has 5 nitrogen and oxygen atoms in total. The van der Waals surface area contributed by atoms with E-state index in [2.05, 4.69) is 15.2 Å². The van der Waals surface area contributed by atoms with Crippen LogP contribution in [0.5, 0.6) is 0 Å². The van der Waals surface area contributed by atoms with Gasteiger partial charge in [-0.2, -0.15) is 0 Å². The summed E-state index contributed by atoms with van der Waals surface area (Å²) >= 11 is 0. The minimum Gasteiger partial charge on any atom is -0.415 e. The first-order valence-electron chi connectivity index (χ1n) is 5.44. The third kappa shape index (κ3) is 1.82. The molecule has 0 spiro atoms. The number of anilines is 1. The number of hydrogen-bond acceptors (Lipinski definition) is 5. The van der Waals surface area contributed by atoms with Crippen molar-refractivity contribution >= 4 is 5.69 Å². The summed E-state index contributed by atoms with van der Waals surface area (Å²) in [4.78, 5) is 4.15. The van der Waals surface area contributed by atoms with Crippen molar-refractivity contribution in [2.75, 3.05) is 5.73 Å². The molecule has 0 saturated carbocycles. The fraction of sp³-hybridized carbons (Fsp3) is 0. The Kier molecular flexibility index (Phi) is 2.49. The lowest BCUT2D eigenvalue weighted by atomic mass is 10.2. The molecule has 0 aliphatic rings. The Labute approximate surface area is 103 Å². The van der Waals surface area contributed by atoms with Gasteiger partial charge in [0.15, 0.2) is 0 Å². The zero-order valence-corrected chi connectivity index (χ0v) is 9.45. The molecule has 0 bridgehead atoms. The lowest BCUT2D eigenvalue weighted by Crippen LogP contribution is -1.88. The van der Waals surface area contributed by atoms with E-state index in [1.54, 1.807) is 12.3 Å². The van der Waals surface area contributed by atoms with Gasteiger partial charge in [-0.05, 0) is 24.3 Å². The summed E-state index contributed by atoms with van der Waals surface area (Å²) < 4.78 is 5.57. The van der Waals surface area contributed by atoms with Crippen molar-refractivity contribution in [2.45, 2.75) is 0 Å². The van der Waals surface area contributed by atoms with Crippen molar-refractivity contribution in [2.24, 2.45) is 0 Å². The van der Waals surface area contributed by atoms with E-state index in [0.29, 0.717) is 23.2 Å². The molecule has 0 fully saturated rings. The number of nitrogens with two attached hydrogens (primary N) is 1. The highest BCUT2D eigenvalue weighted by Gasteiger charge is 2.12. The van der Waals surface area contributed by atoms with Crippen LogP contribution in [0, 0.1) is 0 Å². The number of hydrogen-bond donors (Lipinski definition) is 1. The van der Waals surface area contributed by atoms with Gasteiger partial charge >= 0.3 is 0 Å². The van der Waals surface area contributed by atoms with Crippen LogP contribution in [0.25, 0.3) is 23.0 Å². The van der Waals surface area contributed by atoms with Crippen molar-refractivity contribution in [1.29, 1.82) is 0 Å². The van der Waals surface area contributed by atoms with Gasteiger partial charge in [0.1, 0.15) is 5.69 Å². The fourth-order valence-corrected chi connectivity index (χ4v) is 1.62. The van der Waals surface area contributed by atoms with Gasteiger partial charge in [0, 0.05) is 11.9 Å². The van der Waals surface area contributed by atoms with Crippen LogP contribution in [0.3, 0.4) is 0 Å². The Morgan fingerprint density at radius 1 is 0.889 bits per heavy atom. The summed E-state index contributed by atoms with van der Waals surface area (Å²) in [6.45, 7) is 0. The molecule has 3 rings (SSSR count).